The predicted molar refractivity (Wildman–Crippen MR) is 73.6 cm³/mol. The minimum atomic E-state index is -6.60. The molecular weight excluding hydrogens is 387 g/mol. The Bertz CT molecular complexity index is 577. The van der Waals surface area contributed by atoms with Crippen molar-refractivity contribution in [1.82, 2.24) is 0 Å². The number of benzene rings is 1. The molecule has 1 atom stereocenters. The first-order valence-corrected chi connectivity index (χ1v) is 7.62. The van der Waals surface area contributed by atoms with Crippen LogP contribution in [0, 0.1) is 0 Å². The summed E-state index contributed by atoms with van der Waals surface area (Å²) in [5.41, 5.74) is 0.129. The molecule has 0 aliphatic rings. The molecular formula is C14H11F9OS. The average molecular weight is 398 g/mol. The molecule has 1 rings (SSSR count). The topological polar surface area (TPSA) is 17.1 Å². The van der Waals surface area contributed by atoms with Gasteiger partial charge in [0, 0.05) is 11.3 Å². The van der Waals surface area contributed by atoms with Crippen LogP contribution in [0.3, 0.4) is 0 Å². The van der Waals surface area contributed by atoms with Gasteiger partial charge in [0.25, 0.3) is 0 Å². The molecule has 0 N–H and O–H groups in total. The molecule has 0 aliphatic carbocycles. The lowest BCUT2D eigenvalue weighted by molar-refractivity contribution is -0.350. The second kappa shape index (κ2) is 7.88. The summed E-state index contributed by atoms with van der Waals surface area (Å²) in [5.74, 6) is -19.8. The van der Waals surface area contributed by atoms with Crippen LogP contribution in [0.4, 0.5) is 39.5 Å². The molecule has 0 spiro atoms. The first-order valence-electron chi connectivity index (χ1n) is 6.63. The molecule has 0 bridgehead atoms. The van der Waals surface area contributed by atoms with Gasteiger partial charge >= 0.3 is 24.2 Å². The van der Waals surface area contributed by atoms with Gasteiger partial charge in [-0.25, -0.2) is 13.2 Å². The minimum absolute atomic E-state index is 0.129. The second-order valence-electron chi connectivity index (χ2n) is 4.88. The summed E-state index contributed by atoms with van der Waals surface area (Å²) in [7, 11) is 0. The van der Waals surface area contributed by atoms with Gasteiger partial charge in [0.2, 0.25) is 5.12 Å². The van der Waals surface area contributed by atoms with Crippen molar-refractivity contribution >= 4 is 16.9 Å². The Labute approximate surface area is 140 Å². The number of halogens is 9. The van der Waals surface area contributed by atoms with Gasteiger partial charge in [0.15, 0.2) is 6.17 Å². The van der Waals surface area contributed by atoms with E-state index in [9.17, 15) is 44.3 Å². The van der Waals surface area contributed by atoms with E-state index in [2.05, 4.69) is 0 Å². The fourth-order valence-corrected chi connectivity index (χ4v) is 2.46. The van der Waals surface area contributed by atoms with Crippen molar-refractivity contribution in [3.8, 4) is 0 Å². The molecule has 0 fully saturated rings. The monoisotopic (exact) mass is 398 g/mol. The number of thioether (sulfide) groups is 1. The fourth-order valence-electron chi connectivity index (χ4n) is 1.65. The largest absolute Gasteiger partial charge is 0.380 e. The van der Waals surface area contributed by atoms with E-state index in [4.69, 9.17) is 0 Å². The zero-order valence-electron chi connectivity index (χ0n) is 12.2. The van der Waals surface area contributed by atoms with Gasteiger partial charge in [-0.2, -0.15) is 26.3 Å². The summed E-state index contributed by atoms with van der Waals surface area (Å²) in [6, 6.07) is 7.24. The van der Waals surface area contributed by atoms with E-state index in [0.29, 0.717) is 11.8 Å². The standard InChI is InChI=1S/C14H11F9OS/c15-9(6-7-25-10(24)8-4-2-1-3-5-8)12(18,19)14(22,23)13(20,21)11(16)17/h1-5,9,11H,6-7H2. The maximum absolute atomic E-state index is 13.4. The number of hydrogen-bond donors (Lipinski definition) is 0. The number of rotatable bonds is 8. The third kappa shape index (κ3) is 4.42. The highest BCUT2D eigenvalue weighted by Crippen LogP contribution is 2.51. The van der Waals surface area contributed by atoms with E-state index in [1.807, 2.05) is 0 Å². The summed E-state index contributed by atoms with van der Waals surface area (Å²) in [5, 5.41) is -0.680. The molecule has 0 saturated carbocycles. The van der Waals surface area contributed by atoms with Crippen LogP contribution < -0.4 is 0 Å². The first-order chi connectivity index (χ1) is 11.4. The first kappa shape index (κ1) is 21.7. The van der Waals surface area contributed by atoms with Gasteiger partial charge in [-0.3, -0.25) is 4.79 Å². The van der Waals surface area contributed by atoms with Crippen LogP contribution in [0.15, 0.2) is 30.3 Å². The maximum atomic E-state index is 13.4. The Hall–Kier alpha value is -1.39. The second-order valence-corrected chi connectivity index (χ2v) is 5.95. The van der Waals surface area contributed by atoms with Crippen LogP contribution in [-0.4, -0.2) is 41.2 Å². The molecule has 1 unspecified atom stereocenters. The zero-order valence-corrected chi connectivity index (χ0v) is 13.0. The van der Waals surface area contributed by atoms with E-state index in [1.54, 1.807) is 6.07 Å². The molecule has 1 nitrogen and oxygen atoms in total. The van der Waals surface area contributed by atoms with Crippen LogP contribution >= 0.6 is 11.8 Å². The van der Waals surface area contributed by atoms with Crippen molar-refractivity contribution < 1.29 is 44.3 Å². The maximum Gasteiger partial charge on any atom is 0.380 e. The highest BCUT2D eigenvalue weighted by atomic mass is 32.2. The molecule has 0 radical (unpaired) electrons. The number of hydrogen-bond acceptors (Lipinski definition) is 2. The van der Waals surface area contributed by atoms with Crippen molar-refractivity contribution in [1.29, 1.82) is 0 Å². The van der Waals surface area contributed by atoms with Crippen LogP contribution in [0.1, 0.15) is 16.8 Å². The minimum Gasteiger partial charge on any atom is -0.282 e. The van der Waals surface area contributed by atoms with Crippen LogP contribution in [0.5, 0.6) is 0 Å². The Morgan fingerprint density at radius 1 is 0.920 bits per heavy atom. The Balaban J connectivity index is 2.72. The number of carbonyl (C=O) groups excluding carboxylic acids is 1. The highest BCUT2D eigenvalue weighted by molar-refractivity contribution is 8.14. The third-order valence-electron chi connectivity index (χ3n) is 3.12. The van der Waals surface area contributed by atoms with E-state index < -0.39 is 47.7 Å². The quantitative estimate of drug-likeness (QED) is 0.541. The summed E-state index contributed by atoms with van der Waals surface area (Å²) >= 11 is 0.306. The van der Waals surface area contributed by atoms with Crippen molar-refractivity contribution in [3.63, 3.8) is 0 Å². The van der Waals surface area contributed by atoms with Gasteiger partial charge in [0.05, 0.1) is 0 Å². The molecule has 0 amide bonds. The summed E-state index contributed by atoms with van der Waals surface area (Å²) in [6.07, 6.45) is -10.4. The fraction of sp³-hybridized carbons (Fsp3) is 0.500. The van der Waals surface area contributed by atoms with E-state index in [-0.39, 0.29) is 5.56 Å². The zero-order chi connectivity index (χ0) is 19.5. The summed E-state index contributed by atoms with van der Waals surface area (Å²) < 4.78 is 115. The normalized spacial score (nSPS) is 14.6. The van der Waals surface area contributed by atoms with Crippen molar-refractivity contribution in [3.05, 3.63) is 35.9 Å². The molecule has 0 saturated heterocycles. The van der Waals surface area contributed by atoms with Gasteiger partial charge in [-0.05, 0) is 6.42 Å². The third-order valence-corrected chi connectivity index (χ3v) is 4.06. The Morgan fingerprint density at radius 2 is 1.44 bits per heavy atom. The molecule has 0 aromatic heterocycles. The van der Waals surface area contributed by atoms with Gasteiger partial charge in [-0.15, -0.1) is 0 Å². The van der Waals surface area contributed by atoms with Gasteiger partial charge in [0.1, 0.15) is 0 Å². The summed E-state index contributed by atoms with van der Waals surface area (Å²) in [6.45, 7) is 0. The Kier molecular flexibility index (Phi) is 6.82. The predicted octanol–water partition coefficient (Wildman–Crippen LogP) is 5.46. The summed E-state index contributed by atoms with van der Waals surface area (Å²) in [4.78, 5) is 11.6. The smallest absolute Gasteiger partial charge is 0.282 e. The van der Waals surface area contributed by atoms with Gasteiger partial charge in [-0.1, -0.05) is 42.1 Å². The molecule has 0 heterocycles. The lowest BCUT2D eigenvalue weighted by atomic mass is 9.99. The van der Waals surface area contributed by atoms with Crippen molar-refractivity contribution in [2.24, 2.45) is 0 Å². The lowest BCUT2D eigenvalue weighted by Gasteiger charge is -2.33. The molecule has 1 aromatic rings. The molecule has 11 heteroatoms. The van der Waals surface area contributed by atoms with E-state index in [1.165, 1.54) is 24.3 Å². The molecule has 25 heavy (non-hydrogen) atoms. The van der Waals surface area contributed by atoms with E-state index in [0.717, 1.165) is 0 Å². The highest BCUT2D eigenvalue weighted by Gasteiger charge is 2.77. The van der Waals surface area contributed by atoms with Crippen molar-refractivity contribution in [2.45, 2.75) is 36.8 Å². The average Bonchev–Trinajstić information content (AvgIpc) is 2.54. The van der Waals surface area contributed by atoms with Gasteiger partial charge < -0.3 is 0 Å². The van der Waals surface area contributed by atoms with Crippen LogP contribution in [0.2, 0.25) is 0 Å². The lowest BCUT2D eigenvalue weighted by Crippen LogP contribution is -2.61. The van der Waals surface area contributed by atoms with Crippen LogP contribution in [-0.2, 0) is 0 Å². The van der Waals surface area contributed by atoms with E-state index >= 15 is 0 Å². The number of alkyl halides is 9. The van der Waals surface area contributed by atoms with Crippen LogP contribution in [0.25, 0.3) is 0 Å². The molecule has 0 aliphatic heterocycles. The SMILES string of the molecule is O=C(SCCC(F)C(F)(F)C(F)(F)C(F)(F)C(F)F)c1ccccc1. The Morgan fingerprint density at radius 3 is 1.92 bits per heavy atom. The van der Waals surface area contributed by atoms with Crippen molar-refractivity contribution in [2.75, 3.05) is 5.75 Å². The molecule has 142 valence electrons. The molecule has 1 aromatic carbocycles. The number of carbonyl (C=O) groups is 1.